The van der Waals surface area contributed by atoms with Crippen LogP contribution in [0.2, 0.25) is 5.02 Å². The number of carbonyl (C=O) groups is 2. The van der Waals surface area contributed by atoms with Gasteiger partial charge < -0.3 is 15.2 Å². The lowest BCUT2D eigenvalue weighted by atomic mass is 10.0. The second-order valence-electron chi connectivity index (χ2n) is 8.81. The average Bonchev–Trinajstić information content (AvgIpc) is 3.22. The van der Waals surface area contributed by atoms with E-state index in [1.807, 2.05) is 6.07 Å². The number of ether oxygens (including phenoxy) is 1. The second-order valence-corrected chi connectivity index (χ2v) is 11.3. The Hall–Kier alpha value is -4.07. The molecule has 41 heavy (non-hydrogen) atoms. The van der Waals surface area contributed by atoms with Gasteiger partial charge in [0.05, 0.1) is 34.9 Å². The van der Waals surface area contributed by atoms with Crippen LogP contribution in [0.4, 0.5) is 5.82 Å². The highest BCUT2D eigenvalue weighted by atomic mass is 35.5. The molecule has 3 N–H and O–H groups in total. The molecule has 0 fully saturated rings. The summed E-state index contributed by atoms with van der Waals surface area (Å²) in [6.07, 6.45) is 2.85. The Bertz CT molecular complexity index is 1660. The third-order valence-corrected chi connectivity index (χ3v) is 7.72. The summed E-state index contributed by atoms with van der Waals surface area (Å²) >= 11 is 10.5. The summed E-state index contributed by atoms with van der Waals surface area (Å²) in [7, 11) is -4.09. The summed E-state index contributed by atoms with van der Waals surface area (Å²) in [5, 5.41) is 16.3. The Labute approximate surface area is 247 Å². The summed E-state index contributed by atoms with van der Waals surface area (Å²) in [5.74, 6) is -0.400. The maximum Gasteiger partial charge on any atom is 0.306 e. The van der Waals surface area contributed by atoms with Crippen molar-refractivity contribution in [3.63, 3.8) is 0 Å². The van der Waals surface area contributed by atoms with Crippen LogP contribution in [0.5, 0.6) is 5.75 Å². The molecular weight excluding hydrogens is 590 g/mol. The molecule has 0 radical (unpaired) electrons. The fraction of sp³-hybridized carbons (Fsp3) is 0.185. The van der Waals surface area contributed by atoms with Gasteiger partial charge in [0.25, 0.3) is 10.0 Å². The zero-order valence-corrected chi connectivity index (χ0v) is 24.0. The van der Waals surface area contributed by atoms with Crippen molar-refractivity contribution >= 4 is 52.6 Å². The van der Waals surface area contributed by atoms with Crippen molar-refractivity contribution < 1.29 is 27.9 Å². The molecule has 0 bridgehead atoms. The molecule has 2 aromatic heterocycles. The van der Waals surface area contributed by atoms with E-state index in [9.17, 15) is 18.0 Å². The lowest BCUT2D eigenvalue weighted by molar-refractivity contribution is -0.137. The van der Waals surface area contributed by atoms with Gasteiger partial charge in [-0.3, -0.25) is 19.3 Å². The van der Waals surface area contributed by atoms with Gasteiger partial charge in [0.1, 0.15) is 5.75 Å². The van der Waals surface area contributed by atoms with Crippen LogP contribution < -0.4 is 14.8 Å². The number of amides is 1. The van der Waals surface area contributed by atoms with Gasteiger partial charge in [-0.25, -0.2) is 8.42 Å². The van der Waals surface area contributed by atoms with Gasteiger partial charge in [-0.05, 0) is 72.8 Å². The van der Waals surface area contributed by atoms with Crippen molar-refractivity contribution in [2.45, 2.75) is 24.2 Å². The molecule has 2 heterocycles. The first-order chi connectivity index (χ1) is 19.7. The number of anilines is 1. The van der Waals surface area contributed by atoms with Crippen LogP contribution in [-0.2, 0) is 32.5 Å². The number of pyridine rings is 1. The lowest BCUT2D eigenvalue weighted by Gasteiger charge is -2.12. The van der Waals surface area contributed by atoms with Crippen molar-refractivity contribution in [1.29, 1.82) is 0 Å². The zero-order chi connectivity index (χ0) is 29.4. The van der Waals surface area contributed by atoms with E-state index in [2.05, 4.69) is 32.9 Å². The van der Waals surface area contributed by atoms with Crippen LogP contribution in [0.25, 0.3) is 11.3 Å². The smallest absolute Gasteiger partial charge is 0.306 e. The van der Waals surface area contributed by atoms with E-state index in [4.69, 9.17) is 21.4 Å². The Morgan fingerprint density at radius 3 is 2.68 bits per heavy atom. The average molecular weight is 616 g/mol. The van der Waals surface area contributed by atoms with Crippen LogP contribution in [0.15, 0.2) is 71.8 Å². The molecule has 0 aliphatic heterocycles. The first kappa shape index (κ1) is 29.9. The number of carboxylic acids is 1. The second kappa shape index (κ2) is 13.5. The number of carboxylic acid groups (broad SMARTS) is 1. The van der Waals surface area contributed by atoms with Crippen molar-refractivity contribution in [2.24, 2.45) is 0 Å². The maximum atomic E-state index is 13.3. The fourth-order valence-electron chi connectivity index (χ4n) is 3.99. The minimum absolute atomic E-state index is 0.0143. The largest absolute Gasteiger partial charge is 0.493 e. The van der Waals surface area contributed by atoms with Gasteiger partial charge in [-0.15, -0.1) is 0 Å². The Kier molecular flexibility index (Phi) is 9.86. The van der Waals surface area contributed by atoms with Crippen LogP contribution in [-0.4, -0.2) is 53.2 Å². The van der Waals surface area contributed by atoms with Crippen molar-refractivity contribution in [3.8, 4) is 17.0 Å². The molecule has 0 saturated carbocycles. The van der Waals surface area contributed by atoms with E-state index in [1.165, 1.54) is 18.2 Å². The van der Waals surface area contributed by atoms with Gasteiger partial charge in [-0.1, -0.05) is 29.8 Å². The summed E-state index contributed by atoms with van der Waals surface area (Å²) in [6.45, 7) is 0.426. The first-order valence-corrected chi connectivity index (χ1v) is 14.6. The van der Waals surface area contributed by atoms with E-state index in [0.717, 1.165) is 15.2 Å². The van der Waals surface area contributed by atoms with E-state index in [-0.39, 0.29) is 35.2 Å². The van der Waals surface area contributed by atoms with Gasteiger partial charge in [0, 0.05) is 24.2 Å². The third-order valence-electron chi connectivity index (χ3n) is 5.85. The molecule has 14 heteroatoms. The normalized spacial score (nSPS) is 11.2. The van der Waals surface area contributed by atoms with E-state index in [1.54, 1.807) is 42.6 Å². The molecule has 0 unspecified atom stereocenters. The summed E-state index contributed by atoms with van der Waals surface area (Å²) in [6, 6.07) is 16.5. The quantitative estimate of drug-likeness (QED) is 0.0949. The van der Waals surface area contributed by atoms with Crippen LogP contribution in [0, 0.1) is 0 Å². The molecule has 0 atom stereocenters. The number of hydrogen-bond acceptors (Lipinski definition) is 8. The van der Waals surface area contributed by atoms with E-state index < -0.39 is 16.0 Å². The van der Waals surface area contributed by atoms with Crippen molar-refractivity contribution in [3.05, 3.63) is 88.7 Å². The summed E-state index contributed by atoms with van der Waals surface area (Å²) < 4.78 is 35.9. The number of halogens is 1. The molecule has 0 aliphatic carbocycles. The number of thiol groups is 1. The molecular formula is C27H26ClN5O6S2. The SMILES string of the molecule is O=CNCCc1ccnc(-c2c(Cc3cccc(OCCC(=O)O)c3)nn(S)c2NS(=O)(=O)c2cccc(Cl)c2)c1. The lowest BCUT2D eigenvalue weighted by Crippen LogP contribution is -2.15. The number of sulfonamides is 1. The number of aliphatic carboxylic acids is 1. The predicted molar refractivity (Wildman–Crippen MR) is 157 cm³/mol. The minimum Gasteiger partial charge on any atom is -0.493 e. The van der Waals surface area contributed by atoms with Gasteiger partial charge >= 0.3 is 5.97 Å². The number of rotatable bonds is 14. The molecule has 1 amide bonds. The first-order valence-electron chi connectivity index (χ1n) is 12.3. The number of nitrogens with one attached hydrogen (secondary N) is 2. The molecule has 4 rings (SSSR count). The molecule has 214 valence electrons. The standard InChI is InChI=1S/C27H26ClN5O6S2/c28-20-4-2-6-22(16-20)41(37,38)32-27-26(23-14-18(8-11-30-23)7-10-29-17-34)24(31-33(27)40)15-19-3-1-5-21(13-19)39-12-9-25(35)36/h1-6,8,11,13-14,16-17,32,40H,7,9-10,12,15H2,(H,29,34)(H,35,36). The molecule has 0 aliphatic rings. The third kappa shape index (κ3) is 7.99. The minimum atomic E-state index is -4.09. The maximum absolute atomic E-state index is 13.3. The zero-order valence-electron chi connectivity index (χ0n) is 21.5. The molecule has 4 aromatic rings. The number of aromatic nitrogens is 3. The topological polar surface area (TPSA) is 153 Å². The number of benzene rings is 2. The fourth-order valence-corrected chi connectivity index (χ4v) is 5.67. The van der Waals surface area contributed by atoms with Crippen LogP contribution in [0.3, 0.4) is 0 Å². The molecule has 11 nitrogen and oxygen atoms in total. The van der Waals surface area contributed by atoms with Crippen LogP contribution in [0.1, 0.15) is 23.2 Å². The monoisotopic (exact) mass is 615 g/mol. The predicted octanol–water partition coefficient (Wildman–Crippen LogP) is 3.83. The van der Waals surface area contributed by atoms with Gasteiger partial charge in [0.2, 0.25) is 6.41 Å². The highest BCUT2D eigenvalue weighted by Crippen LogP contribution is 2.35. The highest BCUT2D eigenvalue weighted by molar-refractivity contribution is 7.92. The number of hydrogen-bond donors (Lipinski definition) is 4. The van der Waals surface area contributed by atoms with E-state index in [0.29, 0.717) is 42.1 Å². The van der Waals surface area contributed by atoms with Gasteiger partial charge in [-0.2, -0.15) is 9.19 Å². The Morgan fingerprint density at radius 2 is 1.93 bits per heavy atom. The molecule has 0 spiro atoms. The Balaban J connectivity index is 1.74. The van der Waals surface area contributed by atoms with Crippen molar-refractivity contribution in [1.82, 2.24) is 19.5 Å². The number of nitrogens with zero attached hydrogens (tertiary/aromatic N) is 3. The number of carbonyl (C=O) groups excluding carboxylic acids is 1. The van der Waals surface area contributed by atoms with Crippen LogP contribution >= 0.6 is 24.4 Å². The summed E-state index contributed by atoms with van der Waals surface area (Å²) in [5.41, 5.74) is 2.97. The van der Waals surface area contributed by atoms with Crippen molar-refractivity contribution in [2.75, 3.05) is 17.9 Å². The highest BCUT2D eigenvalue weighted by Gasteiger charge is 2.25. The van der Waals surface area contributed by atoms with Gasteiger partial charge in [0.15, 0.2) is 5.82 Å². The molecule has 2 aromatic carbocycles. The summed E-state index contributed by atoms with van der Waals surface area (Å²) in [4.78, 5) is 26.0. The Morgan fingerprint density at radius 1 is 1.12 bits per heavy atom. The van der Waals surface area contributed by atoms with E-state index >= 15 is 0 Å². The molecule has 0 saturated heterocycles.